The van der Waals surface area contributed by atoms with Crippen molar-refractivity contribution in [2.45, 2.75) is 51.7 Å². The first kappa shape index (κ1) is 13.3. The Morgan fingerprint density at radius 2 is 2.12 bits per heavy atom. The molecule has 2 heterocycles. The molecule has 2 saturated heterocycles. The second-order valence-corrected chi connectivity index (χ2v) is 5.85. The molecule has 2 rings (SSSR count). The molecule has 1 N–H and O–H groups in total. The van der Waals surface area contributed by atoms with E-state index in [9.17, 15) is 0 Å². The van der Waals surface area contributed by atoms with Crippen LogP contribution in [0.15, 0.2) is 0 Å². The smallest absolute Gasteiger partial charge is 0.0612 e. The lowest BCUT2D eigenvalue weighted by molar-refractivity contribution is -0.0244. The van der Waals surface area contributed by atoms with Gasteiger partial charge < -0.3 is 14.8 Å². The van der Waals surface area contributed by atoms with Crippen molar-refractivity contribution in [3.63, 3.8) is 0 Å². The van der Waals surface area contributed by atoms with Crippen molar-refractivity contribution in [2.75, 3.05) is 26.4 Å². The summed E-state index contributed by atoms with van der Waals surface area (Å²) in [6.07, 6.45) is 5.33. The predicted molar refractivity (Wildman–Crippen MR) is 69.1 cm³/mol. The zero-order valence-electron chi connectivity index (χ0n) is 11.3. The van der Waals surface area contributed by atoms with Gasteiger partial charge >= 0.3 is 0 Å². The van der Waals surface area contributed by atoms with Crippen LogP contribution >= 0.6 is 0 Å². The third-order valence-corrected chi connectivity index (χ3v) is 4.07. The summed E-state index contributed by atoms with van der Waals surface area (Å²) >= 11 is 0. The van der Waals surface area contributed by atoms with Gasteiger partial charge in [-0.3, -0.25) is 0 Å². The van der Waals surface area contributed by atoms with Gasteiger partial charge in [-0.25, -0.2) is 0 Å². The maximum Gasteiger partial charge on any atom is 0.0612 e. The minimum atomic E-state index is 0.455. The Morgan fingerprint density at radius 3 is 2.82 bits per heavy atom. The second-order valence-electron chi connectivity index (χ2n) is 5.85. The van der Waals surface area contributed by atoms with Crippen LogP contribution < -0.4 is 5.32 Å². The van der Waals surface area contributed by atoms with Crippen LogP contribution in [0, 0.1) is 11.8 Å². The number of ether oxygens (including phenoxy) is 2. The lowest BCUT2D eigenvalue weighted by Crippen LogP contribution is -2.41. The third kappa shape index (κ3) is 4.23. The van der Waals surface area contributed by atoms with Gasteiger partial charge in [-0.2, -0.15) is 0 Å². The van der Waals surface area contributed by atoms with Crippen LogP contribution in [0.2, 0.25) is 0 Å². The lowest BCUT2D eigenvalue weighted by atomic mass is 9.95. The summed E-state index contributed by atoms with van der Waals surface area (Å²) in [7, 11) is 0. The summed E-state index contributed by atoms with van der Waals surface area (Å²) < 4.78 is 11.2. The van der Waals surface area contributed by atoms with E-state index in [-0.39, 0.29) is 0 Å². The summed E-state index contributed by atoms with van der Waals surface area (Å²) in [6.45, 7) is 8.52. The van der Waals surface area contributed by atoms with E-state index >= 15 is 0 Å². The molecule has 3 unspecified atom stereocenters. The van der Waals surface area contributed by atoms with Gasteiger partial charge in [-0.1, -0.05) is 13.8 Å². The quantitative estimate of drug-likeness (QED) is 0.800. The Bertz CT molecular complexity index is 214. The minimum absolute atomic E-state index is 0.455. The van der Waals surface area contributed by atoms with E-state index in [1.165, 1.54) is 25.7 Å². The van der Waals surface area contributed by atoms with Crippen LogP contribution in [0.1, 0.15) is 39.5 Å². The fourth-order valence-corrected chi connectivity index (χ4v) is 2.78. The fourth-order valence-electron chi connectivity index (χ4n) is 2.78. The molecule has 0 aromatic heterocycles. The van der Waals surface area contributed by atoms with Gasteiger partial charge in [0.2, 0.25) is 0 Å². The van der Waals surface area contributed by atoms with Crippen molar-refractivity contribution in [1.29, 1.82) is 0 Å². The van der Waals surface area contributed by atoms with Crippen LogP contribution in [0.25, 0.3) is 0 Å². The van der Waals surface area contributed by atoms with Gasteiger partial charge in [0.25, 0.3) is 0 Å². The minimum Gasteiger partial charge on any atom is -0.381 e. The first-order chi connectivity index (χ1) is 8.25. The molecule has 0 radical (unpaired) electrons. The Balaban J connectivity index is 1.61. The van der Waals surface area contributed by atoms with E-state index in [2.05, 4.69) is 19.2 Å². The highest BCUT2D eigenvalue weighted by molar-refractivity contribution is 4.79. The predicted octanol–water partition coefficient (Wildman–Crippen LogP) is 2.21. The summed E-state index contributed by atoms with van der Waals surface area (Å²) in [5, 5.41) is 3.70. The molecule has 0 aromatic carbocycles. The Morgan fingerprint density at radius 1 is 1.24 bits per heavy atom. The number of hydrogen-bond acceptors (Lipinski definition) is 3. The third-order valence-electron chi connectivity index (χ3n) is 4.07. The van der Waals surface area contributed by atoms with Crippen LogP contribution in [-0.4, -0.2) is 38.5 Å². The molecule has 0 amide bonds. The standard InChI is InChI=1S/C14H27NO2/c1-11(2)14-9-13(5-8-17-14)15-6-3-12-4-7-16-10-12/h11-15H,3-10H2,1-2H3. The molecule has 17 heavy (non-hydrogen) atoms. The molecular weight excluding hydrogens is 214 g/mol. The molecule has 0 aromatic rings. The highest BCUT2D eigenvalue weighted by Crippen LogP contribution is 2.21. The Kier molecular flexibility index (Phi) is 5.26. The van der Waals surface area contributed by atoms with E-state index in [1.807, 2.05) is 0 Å². The Hall–Kier alpha value is -0.120. The van der Waals surface area contributed by atoms with E-state index in [0.717, 1.165) is 32.3 Å². The fraction of sp³-hybridized carbons (Fsp3) is 1.00. The average molecular weight is 241 g/mol. The van der Waals surface area contributed by atoms with E-state index < -0.39 is 0 Å². The summed E-state index contributed by atoms with van der Waals surface area (Å²) in [5.41, 5.74) is 0. The highest BCUT2D eigenvalue weighted by Gasteiger charge is 2.24. The molecule has 0 aliphatic carbocycles. The maximum absolute atomic E-state index is 5.79. The zero-order chi connectivity index (χ0) is 12.1. The van der Waals surface area contributed by atoms with Crippen LogP contribution in [0.5, 0.6) is 0 Å². The van der Waals surface area contributed by atoms with Gasteiger partial charge in [0.05, 0.1) is 6.10 Å². The van der Waals surface area contributed by atoms with Crippen molar-refractivity contribution in [3.8, 4) is 0 Å². The molecule has 2 aliphatic heterocycles. The number of hydrogen-bond donors (Lipinski definition) is 1. The van der Waals surface area contributed by atoms with Crippen LogP contribution in [0.3, 0.4) is 0 Å². The zero-order valence-corrected chi connectivity index (χ0v) is 11.3. The second kappa shape index (κ2) is 6.72. The molecule has 100 valence electrons. The van der Waals surface area contributed by atoms with Crippen LogP contribution in [-0.2, 0) is 9.47 Å². The summed E-state index contributed by atoms with van der Waals surface area (Å²) in [4.78, 5) is 0. The highest BCUT2D eigenvalue weighted by atomic mass is 16.5. The Labute approximate surface area is 105 Å². The van der Waals surface area contributed by atoms with Gasteiger partial charge in [-0.05, 0) is 44.1 Å². The largest absolute Gasteiger partial charge is 0.381 e. The van der Waals surface area contributed by atoms with E-state index in [4.69, 9.17) is 9.47 Å². The van der Waals surface area contributed by atoms with Crippen molar-refractivity contribution in [2.24, 2.45) is 11.8 Å². The summed E-state index contributed by atoms with van der Waals surface area (Å²) in [6, 6.07) is 0.665. The van der Waals surface area contributed by atoms with Gasteiger partial charge in [0.1, 0.15) is 0 Å². The topological polar surface area (TPSA) is 30.5 Å². The molecule has 2 aliphatic rings. The first-order valence-corrected chi connectivity index (χ1v) is 7.18. The van der Waals surface area contributed by atoms with Crippen molar-refractivity contribution in [3.05, 3.63) is 0 Å². The molecule has 3 atom stereocenters. The van der Waals surface area contributed by atoms with Crippen molar-refractivity contribution < 1.29 is 9.47 Å². The van der Waals surface area contributed by atoms with Crippen molar-refractivity contribution >= 4 is 0 Å². The number of rotatable bonds is 5. The van der Waals surface area contributed by atoms with E-state index in [0.29, 0.717) is 18.1 Å². The SMILES string of the molecule is CC(C)C1CC(NCCC2CCOC2)CCO1. The molecule has 3 heteroatoms. The van der Waals surface area contributed by atoms with E-state index in [1.54, 1.807) is 0 Å². The monoisotopic (exact) mass is 241 g/mol. The first-order valence-electron chi connectivity index (χ1n) is 7.18. The van der Waals surface area contributed by atoms with Gasteiger partial charge in [-0.15, -0.1) is 0 Å². The molecule has 0 saturated carbocycles. The molecule has 3 nitrogen and oxygen atoms in total. The van der Waals surface area contributed by atoms with Gasteiger partial charge in [0, 0.05) is 25.9 Å². The molecule has 0 bridgehead atoms. The van der Waals surface area contributed by atoms with Crippen LogP contribution in [0.4, 0.5) is 0 Å². The molecule has 0 spiro atoms. The average Bonchev–Trinajstić information content (AvgIpc) is 2.82. The lowest BCUT2D eigenvalue weighted by Gasteiger charge is -2.32. The normalized spacial score (nSPS) is 34.4. The van der Waals surface area contributed by atoms with Gasteiger partial charge in [0.15, 0.2) is 0 Å². The molecular formula is C14H27NO2. The molecule has 2 fully saturated rings. The maximum atomic E-state index is 5.79. The summed E-state index contributed by atoms with van der Waals surface area (Å²) in [5.74, 6) is 1.44. The van der Waals surface area contributed by atoms with Crippen molar-refractivity contribution in [1.82, 2.24) is 5.32 Å². The number of nitrogens with one attached hydrogen (secondary N) is 1.